The van der Waals surface area contributed by atoms with E-state index in [2.05, 4.69) is 36.5 Å². The van der Waals surface area contributed by atoms with Gasteiger partial charge in [0.1, 0.15) is 0 Å². The Morgan fingerprint density at radius 2 is 1.82 bits per heavy atom. The first kappa shape index (κ1) is 14.9. The van der Waals surface area contributed by atoms with Crippen molar-refractivity contribution < 1.29 is 10.2 Å². The number of hydrogen-bond donors (Lipinski definition) is 3. The van der Waals surface area contributed by atoms with E-state index in [1.54, 1.807) is 12.1 Å². The molecular weight excluding hydrogens is 274 g/mol. The highest BCUT2D eigenvalue weighted by molar-refractivity contribution is 5.51. The molecule has 0 heterocycles. The van der Waals surface area contributed by atoms with Gasteiger partial charge in [-0.15, -0.1) is 0 Å². The summed E-state index contributed by atoms with van der Waals surface area (Å²) in [5, 5.41) is 23.3. The summed E-state index contributed by atoms with van der Waals surface area (Å²) < 4.78 is 0. The molecule has 3 N–H and O–H groups in total. The van der Waals surface area contributed by atoms with E-state index in [-0.39, 0.29) is 17.4 Å². The lowest BCUT2D eigenvalue weighted by molar-refractivity contribution is 0.394. The topological polar surface area (TPSA) is 52.5 Å². The molecule has 22 heavy (non-hydrogen) atoms. The zero-order valence-electron chi connectivity index (χ0n) is 12.9. The SMILES string of the molecule is CCCN[C@@H]1Cc2cc(O)c(O)cc2[C@@H](c2ccccc2)C1. The Labute approximate surface area is 131 Å². The number of phenols is 2. The zero-order valence-corrected chi connectivity index (χ0v) is 12.9. The fourth-order valence-electron chi connectivity index (χ4n) is 3.40. The Kier molecular flexibility index (Phi) is 4.34. The Bertz CT molecular complexity index is 639. The molecule has 3 nitrogen and oxygen atoms in total. The van der Waals surface area contributed by atoms with Crippen molar-refractivity contribution in [2.75, 3.05) is 6.54 Å². The van der Waals surface area contributed by atoms with E-state index in [0.29, 0.717) is 6.04 Å². The molecule has 0 unspecified atom stereocenters. The molecule has 0 spiro atoms. The van der Waals surface area contributed by atoms with Crippen molar-refractivity contribution in [3.8, 4) is 11.5 Å². The van der Waals surface area contributed by atoms with E-state index in [4.69, 9.17) is 0 Å². The van der Waals surface area contributed by atoms with Crippen LogP contribution in [0.3, 0.4) is 0 Å². The van der Waals surface area contributed by atoms with Crippen LogP contribution in [0.4, 0.5) is 0 Å². The number of phenolic OH excluding ortho intramolecular Hbond substituents is 2. The fourth-order valence-corrected chi connectivity index (χ4v) is 3.40. The van der Waals surface area contributed by atoms with Gasteiger partial charge in [-0.1, -0.05) is 37.3 Å². The van der Waals surface area contributed by atoms with Crippen LogP contribution in [-0.2, 0) is 6.42 Å². The Morgan fingerprint density at radius 1 is 1.09 bits per heavy atom. The highest BCUT2D eigenvalue weighted by Gasteiger charge is 2.28. The lowest BCUT2D eigenvalue weighted by Gasteiger charge is -2.33. The van der Waals surface area contributed by atoms with Gasteiger partial charge in [-0.3, -0.25) is 0 Å². The molecule has 2 atom stereocenters. The molecular formula is C19H23NO2. The van der Waals surface area contributed by atoms with Crippen molar-refractivity contribution in [3.63, 3.8) is 0 Å². The lowest BCUT2D eigenvalue weighted by Crippen LogP contribution is -2.36. The fraction of sp³-hybridized carbons (Fsp3) is 0.368. The maximum Gasteiger partial charge on any atom is 0.157 e. The second-order valence-electron chi connectivity index (χ2n) is 6.09. The molecule has 0 amide bonds. The van der Waals surface area contributed by atoms with E-state index in [1.807, 2.05) is 6.07 Å². The van der Waals surface area contributed by atoms with Gasteiger partial charge in [0.05, 0.1) is 0 Å². The predicted octanol–water partition coefficient (Wildman–Crippen LogP) is 3.54. The molecule has 0 fully saturated rings. The highest BCUT2D eigenvalue weighted by atomic mass is 16.3. The Hall–Kier alpha value is -2.00. The lowest BCUT2D eigenvalue weighted by atomic mass is 9.76. The molecule has 3 rings (SSSR count). The number of fused-ring (bicyclic) bond motifs is 1. The summed E-state index contributed by atoms with van der Waals surface area (Å²) in [5.41, 5.74) is 3.52. The average molecular weight is 297 g/mol. The molecule has 1 aliphatic carbocycles. The maximum absolute atomic E-state index is 9.88. The molecule has 0 radical (unpaired) electrons. The molecule has 2 aromatic carbocycles. The monoisotopic (exact) mass is 297 g/mol. The average Bonchev–Trinajstić information content (AvgIpc) is 2.54. The van der Waals surface area contributed by atoms with Gasteiger partial charge in [0.2, 0.25) is 0 Å². The minimum atomic E-state index is -0.0281. The summed E-state index contributed by atoms with van der Waals surface area (Å²) in [4.78, 5) is 0. The standard InChI is InChI=1S/C19H23NO2/c1-2-8-20-15-9-14-10-18(21)19(22)12-17(14)16(11-15)13-6-4-3-5-7-13/h3-7,10,12,15-16,20-22H,2,8-9,11H2,1H3/t15-,16-/m1/s1. The minimum absolute atomic E-state index is 0.0262. The van der Waals surface area contributed by atoms with Crippen LogP contribution in [0.5, 0.6) is 11.5 Å². The van der Waals surface area contributed by atoms with Gasteiger partial charge in [0.15, 0.2) is 11.5 Å². The first-order valence-electron chi connectivity index (χ1n) is 8.02. The summed E-state index contributed by atoms with van der Waals surface area (Å²) in [7, 11) is 0. The number of aromatic hydroxyl groups is 2. The first-order chi connectivity index (χ1) is 10.7. The van der Waals surface area contributed by atoms with Gasteiger partial charge in [-0.25, -0.2) is 0 Å². The summed E-state index contributed by atoms with van der Waals surface area (Å²) in [5.74, 6) is 0.201. The molecule has 0 saturated carbocycles. The van der Waals surface area contributed by atoms with Crippen LogP contribution in [-0.4, -0.2) is 22.8 Å². The van der Waals surface area contributed by atoms with E-state index in [0.717, 1.165) is 36.9 Å². The molecule has 0 aliphatic heterocycles. The van der Waals surface area contributed by atoms with Crippen LogP contribution in [0.15, 0.2) is 42.5 Å². The van der Waals surface area contributed by atoms with Gasteiger partial charge in [-0.05, 0) is 54.6 Å². The van der Waals surface area contributed by atoms with Crippen LogP contribution >= 0.6 is 0 Å². The third-order valence-corrected chi connectivity index (χ3v) is 4.48. The van der Waals surface area contributed by atoms with Crippen LogP contribution in [0.1, 0.15) is 42.4 Å². The predicted molar refractivity (Wildman–Crippen MR) is 88.5 cm³/mol. The van der Waals surface area contributed by atoms with Crippen molar-refractivity contribution in [2.24, 2.45) is 0 Å². The molecule has 1 aliphatic rings. The molecule has 3 heteroatoms. The summed E-state index contributed by atoms with van der Waals surface area (Å²) in [6.45, 7) is 3.17. The second-order valence-corrected chi connectivity index (χ2v) is 6.09. The molecule has 0 bridgehead atoms. The number of nitrogens with one attached hydrogen (secondary N) is 1. The minimum Gasteiger partial charge on any atom is -0.504 e. The summed E-state index contributed by atoms with van der Waals surface area (Å²) >= 11 is 0. The van der Waals surface area contributed by atoms with Gasteiger partial charge in [0, 0.05) is 12.0 Å². The molecule has 0 aromatic heterocycles. The van der Waals surface area contributed by atoms with E-state index in [9.17, 15) is 10.2 Å². The number of hydrogen-bond acceptors (Lipinski definition) is 3. The Balaban J connectivity index is 1.99. The maximum atomic E-state index is 9.88. The largest absolute Gasteiger partial charge is 0.504 e. The van der Waals surface area contributed by atoms with E-state index in [1.165, 1.54) is 5.56 Å². The normalized spacial score (nSPS) is 20.6. The Morgan fingerprint density at radius 3 is 2.55 bits per heavy atom. The van der Waals surface area contributed by atoms with Crippen molar-refractivity contribution in [3.05, 3.63) is 59.2 Å². The zero-order chi connectivity index (χ0) is 15.5. The van der Waals surface area contributed by atoms with E-state index >= 15 is 0 Å². The summed E-state index contributed by atoms with van der Waals surface area (Å²) in [6.07, 6.45) is 3.02. The van der Waals surface area contributed by atoms with Crippen LogP contribution in [0.2, 0.25) is 0 Å². The smallest absolute Gasteiger partial charge is 0.157 e. The number of rotatable bonds is 4. The van der Waals surface area contributed by atoms with Gasteiger partial charge >= 0.3 is 0 Å². The first-order valence-corrected chi connectivity index (χ1v) is 8.02. The van der Waals surface area contributed by atoms with Gasteiger partial charge in [-0.2, -0.15) is 0 Å². The number of benzene rings is 2. The molecule has 2 aromatic rings. The summed E-state index contributed by atoms with van der Waals surface area (Å²) in [6, 6.07) is 14.3. The van der Waals surface area contributed by atoms with Gasteiger partial charge < -0.3 is 15.5 Å². The van der Waals surface area contributed by atoms with Gasteiger partial charge in [0.25, 0.3) is 0 Å². The quantitative estimate of drug-likeness (QED) is 0.757. The van der Waals surface area contributed by atoms with Crippen molar-refractivity contribution >= 4 is 0 Å². The van der Waals surface area contributed by atoms with E-state index < -0.39 is 0 Å². The molecule has 116 valence electrons. The third-order valence-electron chi connectivity index (χ3n) is 4.48. The second kappa shape index (κ2) is 6.41. The van der Waals surface area contributed by atoms with Crippen LogP contribution < -0.4 is 5.32 Å². The van der Waals surface area contributed by atoms with Crippen molar-refractivity contribution in [2.45, 2.75) is 38.1 Å². The van der Waals surface area contributed by atoms with Crippen LogP contribution in [0, 0.1) is 0 Å². The highest BCUT2D eigenvalue weighted by Crippen LogP contribution is 2.41. The van der Waals surface area contributed by atoms with Crippen LogP contribution in [0.25, 0.3) is 0 Å². The molecule has 0 saturated heterocycles. The third kappa shape index (κ3) is 2.95. The van der Waals surface area contributed by atoms with Crippen molar-refractivity contribution in [1.29, 1.82) is 0 Å². The van der Waals surface area contributed by atoms with Crippen molar-refractivity contribution in [1.82, 2.24) is 5.32 Å².